The quantitative estimate of drug-likeness (QED) is 0.448. The minimum atomic E-state index is -0.352. The smallest absolute Gasteiger partial charge is 0.215 e. The topological polar surface area (TPSA) is 64.8 Å². The van der Waals surface area contributed by atoms with Gasteiger partial charge < -0.3 is 0 Å². The molecule has 0 saturated carbocycles. The van der Waals surface area contributed by atoms with Crippen molar-refractivity contribution in [2.24, 2.45) is 0 Å². The van der Waals surface area contributed by atoms with Gasteiger partial charge in [0.2, 0.25) is 11.6 Å². The van der Waals surface area contributed by atoms with E-state index in [1.807, 2.05) is 30.3 Å². The Balaban J connectivity index is 1.82. The van der Waals surface area contributed by atoms with Gasteiger partial charge in [-0.1, -0.05) is 95.7 Å². The lowest BCUT2D eigenvalue weighted by atomic mass is 10.0. The van der Waals surface area contributed by atoms with Crippen molar-refractivity contribution in [1.29, 1.82) is 0 Å². The second kappa shape index (κ2) is 8.20. The van der Waals surface area contributed by atoms with Crippen LogP contribution >= 0.6 is 11.6 Å². The lowest BCUT2D eigenvalue weighted by Crippen LogP contribution is -2.16. The van der Waals surface area contributed by atoms with Gasteiger partial charge in [0.05, 0.1) is 6.54 Å². The van der Waals surface area contributed by atoms with E-state index in [0.717, 1.165) is 5.56 Å². The van der Waals surface area contributed by atoms with Crippen LogP contribution < -0.4 is 0 Å². The number of rotatable bonds is 6. The van der Waals surface area contributed by atoms with Gasteiger partial charge in [-0.05, 0) is 11.6 Å². The molecule has 4 aromatic rings. The third-order valence-electron chi connectivity index (χ3n) is 4.52. The Morgan fingerprint density at radius 1 is 0.759 bits per heavy atom. The van der Waals surface area contributed by atoms with Crippen LogP contribution in [0.5, 0.6) is 0 Å². The Bertz CT molecular complexity index is 1170. The van der Waals surface area contributed by atoms with E-state index in [2.05, 4.69) is 10.3 Å². The summed E-state index contributed by atoms with van der Waals surface area (Å²) in [6.45, 7) is 0.225. The number of carbonyl (C=O) groups is 2. The Morgan fingerprint density at radius 3 is 1.93 bits per heavy atom. The maximum Gasteiger partial charge on any atom is 0.215 e. The molecule has 0 aliphatic heterocycles. The zero-order valence-corrected chi connectivity index (χ0v) is 16.1. The Labute approximate surface area is 172 Å². The van der Waals surface area contributed by atoms with E-state index in [0.29, 0.717) is 16.1 Å². The molecule has 6 heteroatoms. The highest BCUT2D eigenvalue weighted by Crippen LogP contribution is 2.21. The minimum absolute atomic E-state index is 0.0251. The first-order chi connectivity index (χ1) is 14.1. The van der Waals surface area contributed by atoms with Gasteiger partial charge in [0.25, 0.3) is 0 Å². The fraction of sp³-hybridized carbons (Fsp3) is 0.0435. The summed E-state index contributed by atoms with van der Waals surface area (Å²) in [5.41, 5.74) is 1.85. The van der Waals surface area contributed by atoms with Gasteiger partial charge >= 0.3 is 0 Å². The number of hydrogen-bond acceptors (Lipinski definition) is 4. The van der Waals surface area contributed by atoms with Crippen molar-refractivity contribution in [3.63, 3.8) is 0 Å². The standard InChI is InChI=1S/C23H16ClN3O2/c24-19-14-8-7-13-18(19)15-27-21(23(29)17-11-5-2-6-12-17)20(25-26-27)22(28)16-9-3-1-4-10-16/h1-14H,15H2. The number of ketones is 2. The average Bonchev–Trinajstić information content (AvgIpc) is 3.19. The predicted molar refractivity (Wildman–Crippen MR) is 110 cm³/mol. The molecule has 4 rings (SSSR count). The fourth-order valence-electron chi connectivity index (χ4n) is 3.04. The Hall–Kier alpha value is -3.57. The van der Waals surface area contributed by atoms with Crippen molar-refractivity contribution >= 4 is 23.2 Å². The number of aromatic nitrogens is 3. The molecule has 0 unspecified atom stereocenters. The average molecular weight is 402 g/mol. The largest absolute Gasteiger partial charge is 0.287 e. The normalized spacial score (nSPS) is 10.7. The van der Waals surface area contributed by atoms with Crippen molar-refractivity contribution in [2.45, 2.75) is 6.54 Å². The molecule has 0 radical (unpaired) electrons. The molecule has 0 spiro atoms. The highest BCUT2D eigenvalue weighted by Gasteiger charge is 2.27. The van der Waals surface area contributed by atoms with Crippen LogP contribution in [0.3, 0.4) is 0 Å². The van der Waals surface area contributed by atoms with E-state index in [9.17, 15) is 9.59 Å². The second-order valence-electron chi connectivity index (χ2n) is 6.43. The molecule has 29 heavy (non-hydrogen) atoms. The van der Waals surface area contributed by atoms with Crippen LogP contribution in [0.2, 0.25) is 5.02 Å². The molecular weight excluding hydrogens is 386 g/mol. The first-order valence-corrected chi connectivity index (χ1v) is 9.39. The SMILES string of the molecule is O=C(c1ccccc1)c1nnn(Cc2ccccc2Cl)c1C(=O)c1ccccc1. The van der Waals surface area contributed by atoms with E-state index >= 15 is 0 Å². The van der Waals surface area contributed by atoms with Crippen molar-refractivity contribution in [3.05, 3.63) is 118 Å². The van der Waals surface area contributed by atoms with Gasteiger partial charge in [-0.2, -0.15) is 0 Å². The summed E-state index contributed by atoms with van der Waals surface area (Å²) in [4.78, 5) is 26.3. The van der Waals surface area contributed by atoms with Crippen molar-refractivity contribution < 1.29 is 9.59 Å². The lowest BCUT2D eigenvalue weighted by molar-refractivity contribution is 0.0995. The van der Waals surface area contributed by atoms with E-state index in [1.54, 1.807) is 54.6 Å². The molecule has 0 saturated heterocycles. The van der Waals surface area contributed by atoms with Crippen LogP contribution in [0, 0.1) is 0 Å². The number of hydrogen-bond donors (Lipinski definition) is 0. The van der Waals surface area contributed by atoms with Crippen LogP contribution in [-0.2, 0) is 6.54 Å². The maximum atomic E-state index is 13.3. The third kappa shape index (κ3) is 3.86. The Morgan fingerprint density at radius 2 is 1.31 bits per heavy atom. The lowest BCUT2D eigenvalue weighted by Gasteiger charge is -2.09. The molecule has 0 aliphatic rings. The second-order valence-corrected chi connectivity index (χ2v) is 6.83. The molecule has 0 N–H and O–H groups in total. The van der Waals surface area contributed by atoms with Crippen molar-refractivity contribution in [3.8, 4) is 0 Å². The van der Waals surface area contributed by atoms with Crippen molar-refractivity contribution in [2.75, 3.05) is 0 Å². The molecule has 0 aliphatic carbocycles. The van der Waals surface area contributed by atoms with E-state index in [4.69, 9.17) is 11.6 Å². The molecule has 1 heterocycles. The first kappa shape index (κ1) is 18.8. The zero-order chi connectivity index (χ0) is 20.2. The number of carbonyl (C=O) groups excluding carboxylic acids is 2. The summed E-state index contributed by atoms with van der Waals surface area (Å²) < 4.78 is 1.44. The zero-order valence-electron chi connectivity index (χ0n) is 15.3. The summed E-state index contributed by atoms with van der Waals surface area (Å²) in [6.07, 6.45) is 0. The monoisotopic (exact) mass is 401 g/mol. The highest BCUT2D eigenvalue weighted by molar-refractivity contribution is 6.31. The fourth-order valence-corrected chi connectivity index (χ4v) is 3.24. The number of halogens is 1. The summed E-state index contributed by atoms with van der Waals surface area (Å²) in [5, 5.41) is 8.73. The maximum absolute atomic E-state index is 13.3. The van der Waals surface area contributed by atoms with Crippen LogP contribution in [0.4, 0.5) is 0 Å². The van der Waals surface area contributed by atoms with Gasteiger partial charge in [-0.15, -0.1) is 5.10 Å². The molecule has 0 amide bonds. The number of nitrogens with zero attached hydrogens (tertiary/aromatic N) is 3. The summed E-state index contributed by atoms with van der Waals surface area (Å²) >= 11 is 6.27. The molecule has 3 aromatic carbocycles. The molecular formula is C23H16ClN3O2. The summed E-state index contributed by atoms with van der Waals surface area (Å²) in [5.74, 6) is -0.669. The van der Waals surface area contributed by atoms with E-state index in [1.165, 1.54) is 4.68 Å². The molecule has 0 fully saturated rings. The Kier molecular flexibility index (Phi) is 5.31. The van der Waals surface area contributed by atoms with Gasteiger partial charge in [0, 0.05) is 16.1 Å². The predicted octanol–water partition coefficient (Wildman–Crippen LogP) is 4.44. The van der Waals surface area contributed by atoms with Crippen LogP contribution in [-0.4, -0.2) is 26.6 Å². The van der Waals surface area contributed by atoms with Gasteiger partial charge in [0.1, 0.15) is 5.69 Å². The van der Waals surface area contributed by atoms with E-state index < -0.39 is 0 Å². The molecule has 0 atom stereocenters. The van der Waals surface area contributed by atoms with Gasteiger partial charge in [0.15, 0.2) is 5.69 Å². The molecule has 1 aromatic heterocycles. The highest BCUT2D eigenvalue weighted by atomic mass is 35.5. The molecule has 5 nitrogen and oxygen atoms in total. The van der Waals surface area contributed by atoms with Crippen LogP contribution in [0.15, 0.2) is 84.9 Å². The minimum Gasteiger partial charge on any atom is -0.287 e. The van der Waals surface area contributed by atoms with Crippen molar-refractivity contribution in [1.82, 2.24) is 15.0 Å². The molecule has 142 valence electrons. The third-order valence-corrected chi connectivity index (χ3v) is 4.88. The van der Waals surface area contributed by atoms with Crippen LogP contribution in [0.25, 0.3) is 0 Å². The van der Waals surface area contributed by atoms with Gasteiger partial charge in [-0.3, -0.25) is 9.59 Å². The summed E-state index contributed by atoms with van der Waals surface area (Å²) in [6, 6.07) is 24.8. The van der Waals surface area contributed by atoms with Crippen LogP contribution in [0.1, 0.15) is 37.7 Å². The summed E-state index contributed by atoms with van der Waals surface area (Å²) in [7, 11) is 0. The van der Waals surface area contributed by atoms with Gasteiger partial charge in [-0.25, -0.2) is 4.68 Å². The van der Waals surface area contributed by atoms with E-state index in [-0.39, 0.29) is 29.5 Å². The first-order valence-electron chi connectivity index (χ1n) is 9.01. The number of benzene rings is 3. The molecule has 0 bridgehead atoms.